The van der Waals surface area contributed by atoms with Crippen molar-refractivity contribution in [2.75, 3.05) is 13.1 Å². The van der Waals surface area contributed by atoms with Crippen molar-refractivity contribution < 1.29 is 0 Å². The van der Waals surface area contributed by atoms with Gasteiger partial charge in [0, 0.05) is 23.1 Å². The molecule has 0 radical (unpaired) electrons. The van der Waals surface area contributed by atoms with Crippen LogP contribution in [0.15, 0.2) is 18.2 Å². The zero-order valence-electron chi connectivity index (χ0n) is 11.5. The Balaban J connectivity index is 2.30. The molecule has 18 heavy (non-hydrogen) atoms. The van der Waals surface area contributed by atoms with Crippen LogP contribution in [0.25, 0.3) is 0 Å². The number of halogens is 1. The Morgan fingerprint density at radius 3 is 2.67 bits per heavy atom. The molecule has 0 aromatic heterocycles. The van der Waals surface area contributed by atoms with Gasteiger partial charge in [0.05, 0.1) is 0 Å². The van der Waals surface area contributed by atoms with Crippen molar-refractivity contribution >= 4 is 11.6 Å². The average Bonchev–Trinajstić information content (AvgIpc) is 2.65. The fourth-order valence-electron chi connectivity index (χ4n) is 2.97. The molecule has 1 heterocycles. The predicted octanol–water partition coefficient (Wildman–Crippen LogP) is 3.52. The molecule has 0 bridgehead atoms. The van der Waals surface area contributed by atoms with E-state index >= 15 is 0 Å². The molecule has 1 saturated heterocycles. The lowest BCUT2D eigenvalue weighted by Gasteiger charge is -2.38. The number of hydrogen-bond donors (Lipinski definition) is 1. The predicted molar refractivity (Wildman–Crippen MR) is 78.0 cm³/mol. The molecule has 1 aromatic rings. The molecule has 0 amide bonds. The first kappa shape index (κ1) is 13.9. The van der Waals surface area contributed by atoms with E-state index < -0.39 is 0 Å². The fraction of sp³-hybridized carbons (Fsp3) is 0.600. The molecule has 1 aromatic carbocycles. The smallest absolute Gasteiger partial charge is 0.0476 e. The van der Waals surface area contributed by atoms with Crippen LogP contribution in [0, 0.1) is 6.92 Å². The maximum atomic E-state index is 6.23. The monoisotopic (exact) mass is 266 g/mol. The normalized spacial score (nSPS) is 21.2. The highest BCUT2D eigenvalue weighted by Crippen LogP contribution is 2.36. The van der Waals surface area contributed by atoms with Gasteiger partial charge >= 0.3 is 0 Å². The molecule has 2 nitrogen and oxygen atoms in total. The van der Waals surface area contributed by atoms with Crippen LogP contribution in [-0.4, -0.2) is 23.5 Å². The first-order valence-electron chi connectivity index (χ1n) is 6.68. The maximum Gasteiger partial charge on any atom is 0.0476 e. The number of hydrogen-bond acceptors (Lipinski definition) is 2. The maximum absolute atomic E-state index is 6.23. The summed E-state index contributed by atoms with van der Waals surface area (Å²) in [6.07, 6.45) is 2.49. The van der Waals surface area contributed by atoms with Crippen LogP contribution in [0.1, 0.15) is 43.9 Å². The zero-order valence-corrected chi connectivity index (χ0v) is 12.3. The molecule has 1 aliphatic heterocycles. The third kappa shape index (κ3) is 2.56. The van der Waals surface area contributed by atoms with Gasteiger partial charge in [-0.2, -0.15) is 0 Å². The van der Waals surface area contributed by atoms with Crippen molar-refractivity contribution in [1.82, 2.24) is 4.90 Å². The number of benzene rings is 1. The Labute approximate surface area is 115 Å². The van der Waals surface area contributed by atoms with Crippen LogP contribution < -0.4 is 5.73 Å². The van der Waals surface area contributed by atoms with E-state index in [2.05, 4.69) is 36.9 Å². The van der Waals surface area contributed by atoms with Crippen LogP contribution >= 0.6 is 11.6 Å². The molecule has 0 aliphatic carbocycles. The average molecular weight is 267 g/mol. The molecule has 1 aliphatic rings. The van der Waals surface area contributed by atoms with Crippen molar-refractivity contribution in [3.8, 4) is 0 Å². The van der Waals surface area contributed by atoms with E-state index in [-0.39, 0.29) is 11.6 Å². The highest BCUT2D eigenvalue weighted by Gasteiger charge is 2.36. The fourth-order valence-corrected chi connectivity index (χ4v) is 3.15. The molecule has 2 N–H and O–H groups in total. The van der Waals surface area contributed by atoms with Crippen LogP contribution in [0.3, 0.4) is 0 Å². The van der Waals surface area contributed by atoms with E-state index in [1.54, 1.807) is 0 Å². The Kier molecular flexibility index (Phi) is 4.00. The molecule has 1 atom stereocenters. The third-order valence-electron chi connectivity index (χ3n) is 4.15. The molecule has 1 fully saturated rings. The van der Waals surface area contributed by atoms with Gasteiger partial charge in [-0.1, -0.05) is 23.7 Å². The van der Waals surface area contributed by atoms with E-state index in [1.807, 2.05) is 6.92 Å². The SMILES string of the molecule is Cc1ccc(C(CN)N2CCCC2(C)C)cc1Cl. The summed E-state index contributed by atoms with van der Waals surface area (Å²) in [6, 6.07) is 6.60. The van der Waals surface area contributed by atoms with Gasteiger partial charge in [-0.15, -0.1) is 0 Å². The van der Waals surface area contributed by atoms with Gasteiger partial charge in [-0.05, 0) is 57.4 Å². The number of nitrogens with zero attached hydrogens (tertiary/aromatic N) is 1. The second kappa shape index (κ2) is 5.20. The number of aryl methyl sites for hydroxylation is 1. The highest BCUT2D eigenvalue weighted by molar-refractivity contribution is 6.31. The molecule has 1 unspecified atom stereocenters. The molecule has 0 spiro atoms. The van der Waals surface area contributed by atoms with Crippen LogP contribution in [0.4, 0.5) is 0 Å². The molecule has 2 rings (SSSR count). The lowest BCUT2D eigenvalue weighted by atomic mass is 9.97. The first-order valence-corrected chi connectivity index (χ1v) is 7.06. The largest absolute Gasteiger partial charge is 0.329 e. The minimum atomic E-state index is 0.237. The van der Waals surface area contributed by atoms with Gasteiger partial charge in [-0.3, -0.25) is 4.90 Å². The lowest BCUT2D eigenvalue weighted by Crippen LogP contribution is -2.43. The summed E-state index contributed by atoms with van der Waals surface area (Å²) < 4.78 is 0. The van der Waals surface area contributed by atoms with E-state index in [0.717, 1.165) is 17.1 Å². The molecule has 0 saturated carbocycles. The van der Waals surface area contributed by atoms with Crippen LogP contribution in [0.5, 0.6) is 0 Å². The minimum Gasteiger partial charge on any atom is -0.329 e. The Bertz CT molecular complexity index is 429. The Morgan fingerprint density at radius 1 is 1.44 bits per heavy atom. The van der Waals surface area contributed by atoms with Gasteiger partial charge < -0.3 is 5.73 Å². The van der Waals surface area contributed by atoms with Crippen molar-refractivity contribution in [2.45, 2.75) is 45.2 Å². The summed E-state index contributed by atoms with van der Waals surface area (Å²) in [7, 11) is 0. The van der Waals surface area contributed by atoms with Crippen LogP contribution in [-0.2, 0) is 0 Å². The van der Waals surface area contributed by atoms with E-state index in [4.69, 9.17) is 17.3 Å². The molecular formula is C15H23ClN2. The standard InChI is InChI=1S/C15H23ClN2/c1-11-5-6-12(9-13(11)16)14(10-17)18-8-4-7-15(18,2)3/h5-6,9,14H,4,7-8,10,17H2,1-3H3. The van der Waals surface area contributed by atoms with Gasteiger partial charge in [0.2, 0.25) is 0 Å². The summed E-state index contributed by atoms with van der Waals surface area (Å²) >= 11 is 6.23. The van der Waals surface area contributed by atoms with Crippen LogP contribution in [0.2, 0.25) is 5.02 Å². The van der Waals surface area contributed by atoms with Crippen molar-refractivity contribution in [3.63, 3.8) is 0 Å². The molecule has 100 valence electrons. The number of nitrogens with two attached hydrogens (primary N) is 1. The Hall–Kier alpha value is -0.570. The topological polar surface area (TPSA) is 29.3 Å². The summed E-state index contributed by atoms with van der Waals surface area (Å²) in [4.78, 5) is 2.52. The summed E-state index contributed by atoms with van der Waals surface area (Å²) in [5.41, 5.74) is 8.61. The van der Waals surface area contributed by atoms with Gasteiger partial charge in [-0.25, -0.2) is 0 Å². The Morgan fingerprint density at radius 2 is 2.17 bits per heavy atom. The minimum absolute atomic E-state index is 0.237. The van der Waals surface area contributed by atoms with E-state index in [1.165, 1.54) is 18.4 Å². The molecule has 3 heteroatoms. The van der Waals surface area contributed by atoms with E-state index in [9.17, 15) is 0 Å². The highest BCUT2D eigenvalue weighted by atomic mass is 35.5. The first-order chi connectivity index (χ1) is 8.45. The number of rotatable bonds is 3. The summed E-state index contributed by atoms with van der Waals surface area (Å²) in [6.45, 7) is 8.41. The van der Waals surface area contributed by atoms with Crippen molar-refractivity contribution in [1.29, 1.82) is 0 Å². The summed E-state index contributed by atoms with van der Waals surface area (Å²) in [5, 5.41) is 0.836. The van der Waals surface area contributed by atoms with Gasteiger partial charge in [0.1, 0.15) is 0 Å². The quantitative estimate of drug-likeness (QED) is 0.907. The lowest BCUT2D eigenvalue weighted by molar-refractivity contribution is 0.119. The third-order valence-corrected chi connectivity index (χ3v) is 4.55. The van der Waals surface area contributed by atoms with E-state index in [0.29, 0.717) is 6.54 Å². The van der Waals surface area contributed by atoms with Gasteiger partial charge in [0.15, 0.2) is 0 Å². The van der Waals surface area contributed by atoms with Crippen molar-refractivity contribution in [3.05, 3.63) is 34.3 Å². The number of likely N-dealkylation sites (tertiary alicyclic amines) is 1. The zero-order chi connectivity index (χ0) is 13.3. The van der Waals surface area contributed by atoms with Crippen molar-refractivity contribution in [2.24, 2.45) is 5.73 Å². The molecular weight excluding hydrogens is 244 g/mol. The second-order valence-corrected chi connectivity index (χ2v) is 6.28. The second-order valence-electron chi connectivity index (χ2n) is 5.87. The summed E-state index contributed by atoms with van der Waals surface area (Å²) in [5.74, 6) is 0. The van der Waals surface area contributed by atoms with Gasteiger partial charge in [0.25, 0.3) is 0 Å².